The Hall–Kier alpha value is -1.24. The lowest BCUT2D eigenvalue weighted by Crippen LogP contribution is -2.16. The molecule has 4 heteroatoms. The van der Waals surface area contributed by atoms with E-state index in [2.05, 4.69) is 5.32 Å². The summed E-state index contributed by atoms with van der Waals surface area (Å²) in [5.41, 5.74) is 1.01. The first-order valence-corrected chi connectivity index (χ1v) is 5.69. The van der Waals surface area contributed by atoms with Crippen LogP contribution in [-0.4, -0.2) is 12.6 Å². The van der Waals surface area contributed by atoms with Crippen LogP contribution < -0.4 is 10.1 Å². The Kier molecular flexibility index (Phi) is 3.66. The minimum absolute atomic E-state index is 0.0675. The zero-order valence-electron chi connectivity index (χ0n) is 8.87. The van der Waals surface area contributed by atoms with Crippen LogP contribution in [0.3, 0.4) is 0 Å². The molecule has 1 saturated carbocycles. The van der Waals surface area contributed by atoms with Crippen LogP contribution in [-0.2, 0) is 6.54 Å². The second kappa shape index (κ2) is 5.20. The molecular formula is C12H13ClN2O. The number of hydrogen-bond donors (Lipinski definition) is 1. The van der Waals surface area contributed by atoms with Gasteiger partial charge in [-0.3, -0.25) is 0 Å². The zero-order valence-corrected chi connectivity index (χ0v) is 9.63. The van der Waals surface area contributed by atoms with Gasteiger partial charge in [-0.1, -0.05) is 11.6 Å². The minimum atomic E-state index is 0.0675. The quantitative estimate of drug-likeness (QED) is 0.854. The van der Waals surface area contributed by atoms with Gasteiger partial charge in [-0.05, 0) is 31.0 Å². The summed E-state index contributed by atoms with van der Waals surface area (Å²) >= 11 is 5.93. The van der Waals surface area contributed by atoms with E-state index >= 15 is 0 Å². The van der Waals surface area contributed by atoms with Crippen molar-refractivity contribution in [3.63, 3.8) is 0 Å². The maximum Gasteiger partial charge on any atom is 0.174 e. The summed E-state index contributed by atoms with van der Waals surface area (Å²) in [6.45, 7) is 0.810. The van der Waals surface area contributed by atoms with Crippen LogP contribution in [0, 0.1) is 11.3 Å². The Balaban J connectivity index is 2.04. The Morgan fingerprint density at radius 3 is 3.00 bits per heavy atom. The van der Waals surface area contributed by atoms with E-state index < -0.39 is 0 Å². The molecular weight excluding hydrogens is 224 g/mol. The highest BCUT2D eigenvalue weighted by Crippen LogP contribution is 2.25. The van der Waals surface area contributed by atoms with Gasteiger partial charge in [0.25, 0.3) is 0 Å². The van der Waals surface area contributed by atoms with Crippen LogP contribution in [0.4, 0.5) is 0 Å². The lowest BCUT2D eigenvalue weighted by atomic mass is 10.2. The van der Waals surface area contributed by atoms with Crippen LogP contribution in [0.15, 0.2) is 18.2 Å². The number of nitrogens with one attached hydrogen (secondary N) is 1. The van der Waals surface area contributed by atoms with Gasteiger partial charge < -0.3 is 10.1 Å². The molecule has 84 valence electrons. The fourth-order valence-corrected chi connectivity index (χ4v) is 1.67. The van der Waals surface area contributed by atoms with Gasteiger partial charge in [0.05, 0.1) is 0 Å². The molecule has 1 fully saturated rings. The predicted molar refractivity (Wildman–Crippen MR) is 62.4 cm³/mol. The van der Waals surface area contributed by atoms with Gasteiger partial charge >= 0.3 is 0 Å². The maximum atomic E-state index is 8.48. The molecule has 16 heavy (non-hydrogen) atoms. The number of rotatable bonds is 5. The van der Waals surface area contributed by atoms with E-state index in [0.29, 0.717) is 11.1 Å². The number of hydrogen-bond acceptors (Lipinski definition) is 3. The SMILES string of the molecule is N#CCOc1ccc(Cl)cc1CNC1CC1. The van der Waals surface area contributed by atoms with Gasteiger partial charge in [-0.2, -0.15) is 5.26 Å². The van der Waals surface area contributed by atoms with Gasteiger partial charge in [0.15, 0.2) is 6.61 Å². The smallest absolute Gasteiger partial charge is 0.174 e. The molecule has 1 aliphatic carbocycles. The van der Waals surface area contributed by atoms with Gasteiger partial charge in [0, 0.05) is 23.2 Å². The monoisotopic (exact) mass is 236 g/mol. The van der Waals surface area contributed by atoms with Crippen molar-refractivity contribution in [3.05, 3.63) is 28.8 Å². The van der Waals surface area contributed by atoms with Crippen LogP contribution in [0.25, 0.3) is 0 Å². The average Bonchev–Trinajstić information content (AvgIpc) is 3.09. The Morgan fingerprint density at radius 2 is 2.31 bits per heavy atom. The molecule has 0 unspecified atom stereocenters. The Morgan fingerprint density at radius 1 is 1.50 bits per heavy atom. The van der Waals surface area contributed by atoms with Crippen LogP contribution in [0.2, 0.25) is 5.02 Å². The van der Waals surface area contributed by atoms with Crippen molar-refractivity contribution >= 4 is 11.6 Å². The zero-order chi connectivity index (χ0) is 11.4. The molecule has 1 aromatic rings. The molecule has 1 N–H and O–H groups in total. The molecule has 2 rings (SSSR count). The van der Waals surface area contributed by atoms with Gasteiger partial charge in [0.2, 0.25) is 0 Å². The first-order valence-electron chi connectivity index (χ1n) is 5.31. The first kappa shape index (κ1) is 11.3. The van der Waals surface area contributed by atoms with E-state index in [1.54, 1.807) is 6.07 Å². The lowest BCUT2D eigenvalue weighted by molar-refractivity contribution is 0.362. The van der Waals surface area contributed by atoms with E-state index in [4.69, 9.17) is 21.6 Å². The predicted octanol–water partition coefficient (Wildman–Crippen LogP) is 2.49. The number of halogens is 1. The molecule has 1 aromatic carbocycles. The van der Waals surface area contributed by atoms with Crippen molar-refractivity contribution in [2.24, 2.45) is 0 Å². The summed E-state index contributed by atoms with van der Waals surface area (Å²) in [7, 11) is 0. The van der Waals surface area contributed by atoms with Gasteiger partial charge in [-0.15, -0.1) is 0 Å². The molecule has 0 aliphatic heterocycles. The highest BCUT2D eigenvalue weighted by molar-refractivity contribution is 6.30. The first-order chi connectivity index (χ1) is 7.79. The molecule has 0 bridgehead atoms. The summed E-state index contributed by atoms with van der Waals surface area (Å²) in [6.07, 6.45) is 2.49. The maximum absolute atomic E-state index is 8.48. The second-order valence-corrected chi connectivity index (χ2v) is 4.29. The van der Waals surface area contributed by atoms with Crippen molar-refractivity contribution in [1.29, 1.82) is 5.26 Å². The third-order valence-corrected chi connectivity index (χ3v) is 2.71. The van der Waals surface area contributed by atoms with E-state index in [9.17, 15) is 0 Å². The third-order valence-electron chi connectivity index (χ3n) is 2.47. The van der Waals surface area contributed by atoms with Crippen molar-refractivity contribution in [2.45, 2.75) is 25.4 Å². The van der Waals surface area contributed by atoms with Crippen molar-refractivity contribution in [1.82, 2.24) is 5.32 Å². The van der Waals surface area contributed by atoms with Gasteiger partial charge in [-0.25, -0.2) is 0 Å². The van der Waals surface area contributed by atoms with Gasteiger partial charge in [0.1, 0.15) is 11.8 Å². The summed E-state index contributed by atoms with van der Waals surface area (Å²) in [5, 5.41) is 12.6. The molecule has 0 amide bonds. The summed E-state index contributed by atoms with van der Waals surface area (Å²) < 4.78 is 5.33. The van der Waals surface area contributed by atoms with Crippen LogP contribution in [0.5, 0.6) is 5.75 Å². The van der Waals surface area contributed by atoms with Crippen molar-refractivity contribution < 1.29 is 4.74 Å². The van der Waals surface area contributed by atoms with E-state index in [1.807, 2.05) is 18.2 Å². The number of nitrogens with zero attached hydrogens (tertiary/aromatic N) is 1. The Bertz CT molecular complexity index is 410. The standard InChI is InChI=1S/C12H13ClN2O/c13-10-1-4-12(16-6-5-14)9(7-10)8-15-11-2-3-11/h1,4,7,11,15H,2-3,6,8H2. The molecule has 1 aliphatic rings. The molecule has 3 nitrogen and oxygen atoms in total. The number of nitriles is 1. The lowest BCUT2D eigenvalue weighted by Gasteiger charge is -2.10. The summed E-state index contributed by atoms with van der Waals surface area (Å²) in [5.74, 6) is 0.735. The second-order valence-electron chi connectivity index (χ2n) is 3.85. The highest BCUT2D eigenvalue weighted by Gasteiger charge is 2.20. The van der Waals surface area contributed by atoms with Crippen molar-refractivity contribution in [2.75, 3.05) is 6.61 Å². The third kappa shape index (κ3) is 3.13. The topological polar surface area (TPSA) is 45.0 Å². The van der Waals surface area contributed by atoms with Crippen molar-refractivity contribution in [3.8, 4) is 11.8 Å². The Labute approximate surface area is 100.0 Å². The summed E-state index contributed by atoms with van der Waals surface area (Å²) in [4.78, 5) is 0. The highest BCUT2D eigenvalue weighted by atomic mass is 35.5. The average molecular weight is 237 g/mol. The van der Waals surface area contributed by atoms with Crippen LogP contribution >= 0.6 is 11.6 Å². The van der Waals surface area contributed by atoms with E-state index in [-0.39, 0.29) is 6.61 Å². The minimum Gasteiger partial charge on any atom is -0.478 e. The normalized spacial score (nSPS) is 14.5. The molecule has 0 saturated heterocycles. The molecule has 0 aromatic heterocycles. The van der Waals surface area contributed by atoms with E-state index in [1.165, 1.54) is 12.8 Å². The molecule has 0 spiro atoms. The van der Waals surface area contributed by atoms with E-state index in [0.717, 1.165) is 17.9 Å². The fourth-order valence-electron chi connectivity index (χ4n) is 1.48. The molecule has 0 atom stereocenters. The van der Waals surface area contributed by atoms with Crippen LogP contribution in [0.1, 0.15) is 18.4 Å². The molecule has 0 radical (unpaired) electrons. The molecule has 0 heterocycles. The number of ether oxygens (including phenoxy) is 1. The fraction of sp³-hybridized carbons (Fsp3) is 0.417. The number of benzene rings is 1. The largest absolute Gasteiger partial charge is 0.478 e. The summed E-state index contributed by atoms with van der Waals surface area (Å²) in [6, 6.07) is 8.06.